The van der Waals surface area contributed by atoms with Crippen molar-refractivity contribution in [1.82, 2.24) is 0 Å². The summed E-state index contributed by atoms with van der Waals surface area (Å²) in [6, 6.07) is 3.95. The van der Waals surface area contributed by atoms with E-state index in [4.69, 9.17) is 0 Å². The van der Waals surface area contributed by atoms with Gasteiger partial charge in [0.15, 0.2) is 6.20 Å². The van der Waals surface area contributed by atoms with Crippen molar-refractivity contribution in [1.29, 1.82) is 0 Å². The standard InChI is InChI=1S/C9H5N/c1-2-6-9-8(4-1)5-3-7-10-9/h2-3,5-7H/p+1. The minimum Gasteiger partial charge on any atom is -0.211 e. The molecule has 0 atom stereocenters. The molecular weight excluding hydrogens is 122 g/mol. The van der Waals surface area contributed by atoms with Crippen molar-refractivity contribution in [3.8, 4) is 0 Å². The number of hydrogen-bond acceptors (Lipinski definition) is 0. The summed E-state index contributed by atoms with van der Waals surface area (Å²) >= 11 is 0. The number of H-pyrrole nitrogens is 1. The van der Waals surface area contributed by atoms with E-state index in [1.807, 2.05) is 30.5 Å². The molecule has 0 bridgehead atoms. The van der Waals surface area contributed by atoms with Crippen molar-refractivity contribution in [2.45, 2.75) is 0 Å². The van der Waals surface area contributed by atoms with E-state index >= 15 is 0 Å². The van der Waals surface area contributed by atoms with Gasteiger partial charge in [-0.25, -0.2) is 4.98 Å². The lowest BCUT2D eigenvalue weighted by Crippen LogP contribution is -2.39. The molecule has 0 fully saturated rings. The number of allylic oxidation sites excluding steroid dienone is 1. The molecule has 1 aromatic rings. The molecule has 1 nitrogen and oxygen atoms in total. The van der Waals surface area contributed by atoms with E-state index in [2.05, 4.69) is 16.4 Å². The van der Waals surface area contributed by atoms with Gasteiger partial charge in [-0.3, -0.25) is 0 Å². The molecule has 0 unspecified atom stereocenters. The summed E-state index contributed by atoms with van der Waals surface area (Å²) in [6.07, 6.45) is 5.72. The third-order valence-corrected chi connectivity index (χ3v) is 1.43. The quantitative estimate of drug-likeness (QED) is 0.414. The van der Waals surface area contributed by atoms with E-state index in [0.29, 0.717) is 0 Å². The van der Waals surface area contributed by atoms with Crippen LogP contribution in [0.5, 0.6) is 0 Å². The Labute approximate surface area is 58.3 Å². The summed E-state index contributed by atoms with van der Waals surface area (Å²) in [7, 11) is 0. The summed E-state index contributed by atoms with van der Waals surface area (Å²) in [5, 5.41) is 2.17. The highest BCUT2D eigenvalue weighted by molar-refractivity contribution is 5.40. The lowest BCUT2D eigenvalue weighted by atomic mass is 10.3. The smallest absolute Gasteiger partial charge is 0.211 e. The topological polar surface area (TPSA) is 14.1 Å². The van der Waals surface area contributed by atoms with Crippen LogP contribution in [0, 0.1) is 0 Å². The van der Waals surface area contributed by atoms with E-state index in [0.717, 1.165) is 10.6 Å². The predicted molar refractivity (Wildman–Crippen MR) is 38.2 cm³/mol. The number of fused-ring (bicyclic) bond motifs is 1. The maximum Gasteiger partial charge on any atom is 0.219 e. The van der Waals surface area contributed by atoms with Gasteiger partial charge in [0.05, 0.1) is 5.22 Å². The lowest BCUT2D eigenvalue weighted by Gasteiger charge is -1.78. The molecular formula is C9H6N+. The summed E-state index contributed by atoms with van der Waals surface area (Å²) in [5.41, 5.74) is 5.88. The first kappa shape index (κ1) is 5.25. The average molecular weight is 128 g/mol. The van der Waals surface area contributed by atoms with E-state index in [-0.39, 0.29) is 0 Å². The Balaban J connectivity index is 3.13. The van der Waals surface area contributed by atoms with Gasteiger partial charge < -0.3 is 0 Å². The number of hydrogen-bond donors (Lipinski definition) is 0. The Hall–Kier alpha value is -1.55. The summed E-state index contributed by atoms with van der Waals surface area (Å²) < 4.78 is 0. The molecule has 0 amide bonds. The summed E-state index contributed by atoms with van der Waals surface area (Å²) in [4.78, 5) is 3.10. The lowest BCUT2D eigenvalue weighted by molar-refractivity contribution is -0.396. The number of nitrogens with one attached hydrogen (secondary N) is 1. The van der Waals surface area contributed by atoms with Crippen LogP contribution in [0.1, 0.15) is 0 Å². The third-order valence-electron chi connectivity index (χ3n) is 1.43. The average Bonchev–Trinajstić information content (AvgIpc) is 2.05. The van der Waals surface area contributed by atoms with Crippen molar-refractivity contribution in [2.24, 2.45) is 0 Å². The second-order valence-electron chi connectivity index (χ2n) is 2.10. The van der Waals surface area contributed by atoms with Gasteiger partial charge in [0.2, 0.25) is 5.35 Å². The van der Waals surface area contributed by atoms with Crippen LogP contribution in [0.4, 0.5) is 0 Å². The zero-order chi connectivity index (χ0) is 6.81. The molecule has 0 aromatic carbocycles. The molecule has 10 heavy (non-hydrogen) atoms. The van der Waals surface area contributed by atoms with E-state index in [1.165, 1.54) is 0 Å². The fourth-order valence-electron chi connectivity index (χ4n) is 0.941. The van der Waals surface area contributed by atoms with Crippen LogP contribution in [-0.4, -0.2) is 0 Å². The minimum absolute atomic E-state index is 1.07. The van der Waals surface area contributed by atoms with Crippen LogP contribution in [0.2, 0.25) is 0 Å². The van der Waals surface area contributed by atoms with Crippen LogP contribution in [0.15, 0.2) is 30.1 Å². The zero-order valence-electron chi connectivity index (χ0n) is 5.39. The second-order valence-corrected chi connectivity index (χ2v) is 2.10. The van der Waals surface area contributed by atoms with E-state index in [9.17, 15) is 0 Å². The first-order valence-electron chi connectivity index (χ1n) is 3.15. The molecule has 1 aliphatic carbocycles. The van der Waals surface area contributed by atoms with Crippen LogP contribution in [-0.2, 0) is 0 Å². The van der Waals surface area contributed by atoms with Crippen LogP contribution in [0.3, 0.4) is 0 Å². The molecule has 46 valence electrons. The molecule has 0 aliphatic heterocycles. The Bertz CT molecular complexity index is 430. The fraction of sp³-hybridized carbons (Fsp3) is 0. The first-order valence-corrected chi connectivity index (χ1v) is 3.15. The van der Waals surface area contributed by atoms with E-state index < -0.39 is 0 Å². The highest BCUT2D eigenvalue weighted by Crippen LogP contribution is 1.69. The van der Waals surface area contributed by atoms with Crippen LogP contribution in [0.25, 0.3) is 11.8 Å². The Morgan fingerprint density at radius 3 is 3.30 bits per heavy atom. The fourth-order valence-corrected chi connectivity index (χ4v) is 0.941. The molecule has 0 saturated heterocycles. The third kappa shape index (κ3) is 0.708. The van der Waals surface area contributed by atoms with Gasteiger partial charge in [-0.1, -0.05) is 11.5 Å². The van der Waals surface area contributed by atoms with Gasteiger partial charge in [0.25, 0.3) is 0 Å². The zero-order valence-corrected chi connectivity index (χ0v) is 5.39. The first-order chi connectivity index (χ1) is 4.97. The number of aromatic nitrogens is 1. The van der Waals surface area contributed by atoms with Crippen LogP contribution < -0.4 is 15.6 Å². The predicted octanol–water partition coefficient (Wildman–Crippen LogP) is -0.615. The molecule has 1 aromatic heterocycles. The summed E-state index contributed by atoms with van der Waals surface area (Å²) in [6.45, 7) is 0. The maximum absolute atomic E-state index is 3.10. The van der Waals surface area contributed by atoms with Crippen molar-refractivity contribution >= 4 is 11.8 Å². The molecule has 0 saturated carbocycles. The normalized spacial score (nSPS) is 11.6. The van der Waals surface area contributed by atoms with Gasteiger partial charge in [-0.2, -0.15) is 0 Å². The van der Waals surface area contributed by atoms with Gasteiger partial charge in [0.1, 0.15) is 0 Å². The van der Waals surface area contributed by atoms with E-state index in [1.54, 1.807) is 0 Å². The monoisotopic (exact) mass is 128 g/mol. The molecule has 1 heteroatoms. The largest absolute Gasteiger partial charge is 0.219 e. The Kier molecular flexibility index (Phi) is 1.05. The highest BCUT2D eigenvalue weighted by atomic mass is 14.6. The van der Waals surface area contributed by atoms with Crippen LogP contribution >= 0.6 is 0 Å². The van der Waals surface area contributed by atoms with Crippen molar-refractivity contribution in [2.75, 3.05) is 0 Å². The Morgan fingerprint density at radius 1 is 1.40 bits per heavy atom. The number of rotatable bonds is 0. The van der Waals surface area contributed by atoms with Gasteiger partial charge in [-0.05, 0) is 12.1 Å². The molecule has 0 radical (unpaired) electrons. The molecule has 0 spiro atoms. The highest BCUT2D eigenvalue weighted by Gasteiger charge is 1.89. The van der Waals surface area contributed by atoms with Crippen molar-refractivity contribution in [3.63, 3.8) is 0 Å². The molecule has 1 aliphatic rings. The van der Waals surface area contributed by atoms with Gasteiger partial charge in [-0.15, -0.1) is 0 Å². The Morgan fingerprint density at radius 2 is 2.40 bits per heavy atom. The second kappa shape index (κ2) is 2.00. The summed E-state index contributed by atoms with van der Waals surface area (Å²) in [5.74, 6) is 0. The van der Waals surface area contributed by atoms with Gasteiger partial charge in [0, 0.05) is 12.1 Å². The minimum atomic E-state index is 1.07. The molecule has 2 rings (SSSR count). The number of aromatic amines is 1. The maximum atomic E-state index is 3.10. The molecule has 1 N–H and O–H groups in total. The van der Waals surface area contributed by atoms with Crippen molar-refractivity contribution in [3.05, 3.63) is 40.7 Å². The molecule has 1 heterocycles. The van der Waals surface area contributed by atoms with Crippen molar-refractivity contribution < 1.29 is 4.98 Å². The van der Waals surface area contributed by atoms with Gasteiger partial charge >= 0.3 is 0 Å². The SMILES string of the molecule is C1=C=c2ccc[nH+]c2=CC=1. The number of pyridine rings is 1.